The minimum absolute atomic E-state index is 0. The molecule has 0 saturated heterocycles. The van der Waals surface area contributed by atoms with Crippen LogP contribution >= 0.6 is 0 Å². The third-order valence-corrected chi connectivity index (χ3v) is 2.86. The number of Topliss-reactive ketones (excluding diaryl/α,β-unsaturated/α-hetero) is 1. The molecule has 1 radical (unpaired) electrons. The van der Waals surface area contributed by atoms with Crippen molar-refractivity contribution in [1.82, 2.24) is 0 Å². The zero-order chi connectivity index (χ0) is 14.3. The Bertz CT molecular complexity index is 454. The van der Waals surface area contributed by atoms with Crippen molar-refractivity contribution >= 4 is 11.8 Å². The average molecular weight is 717 g/mol. The molecule has 0 aromatic rings. The van der Waals surface area contributed by atoms with Gasteiger partial charge in [0.05, 0.1) is 0 Å². The Hall–Kier alpha value is 0.581. The second-order valence-corrected chi connectivity index (χ2v) is 4.44. The molecule has 3 nitrogen and oxygen atoms in total. The molecule has 119 valence electrons. The maximum atomic E-state index is 11.7. The smallest absolute Gasteiger partial charge is 0.290 e. The van der Waals surface area contributed by atoms with Gasteiger partial charge in [-0.3, -0.25) is 4.79 Å². The Morgan fingerprint density at radius 1 is 1.36 bits per heavy atom. The summed E-state index contributed by atoms with van der Waals surface area (Å²) in [7, 11) is 0. The van der Waals surface area contributed by atoms with E-state index in [1.165, 1.54) is 13.5 Å². The Kier molecular flexibility index (Phi) is 18.9. The Balaban J connectivity index is -0.00000120. The van der Waals surface area contributed by atoms with E-state index < -0.39 is 0 Å². The Morgan fingerprint density at radius 3 is 2.55 bits per heavy atom. The van der Waals surface area contributed by atoms with Crippen molar-refractivity contribution in [1.29, 1.82) is 0 Å². The number of ether oxygens (including phenoxy) is 1. The minimum Gasteiger partial charge on any atom is -0.528 e. The topological polar surface area (TPSA) is 43.4 Å². The Morgan fingerprint density at radius 2 is 2.00 bits per heavy atom. The molecule has 1 aliphatic rings. The summed E-state index contributed by atoms with van der Waals surface area (Å²) in [5.74, 6) is -0.0898. The molecule has 0 aromatic carbocycles. The summed E-state index contributed by atoms with van der Waals surface area (Å²) in [5, 5.41) is 0. The van der Waals surface area contributed by atoms with Gasteiger partial charge in [0.25, 0.3) is 5.97 Å². The van der Waals surface area contributed by atoms with Crippen LogP contribution < -0.4 is 0 Å². The van der Waals surface area contributed by atoms with Gasteiger partial charge in [-0.2, -0.15) is 30.2 Å². The van der Waals surface area contributed by atoms with Gasteiger partial charge in [-0.05, 0) is 6.42 Å². The van der Waals surface area contributed by atoms with Gasteiger partial charge in [0.15, 0.2) is 0 Å². The second-order valence-electron chi connectivity index (χ2n) is 4.44. The van der Waals surface area contributed by atoms with Gasteiger partial charge in [-0.15, -0.1) is 12.5 Å². The molecule has 1 rings (SSSR count). The molecule has 0 aromatic heterocycles. The van der Waals surface area contributed by atoms with Crippen LogP contribution in [-0.2, 0) is 89.2 Å². The third-order valence-electron chi connectivity index (χ3n) is 2.86. The maximum Gasteiger partial charge on any atom is 0.290 e. The molecule has 6 heteroatoms. The van der Waals surface area contributed by atoms with Crippen LogP contribution in [0, 0.1) is 13.0 Å². The second kappa shape index (κ2) is 15.1. The number of rotatable bonds is 5. The van der Waals surface area contributed by atoms with Crippen molar-refractivity contribution in [3.8, 4) is 0 Å². The normalized spacial score (nSPS) is 14.3. The molecule has 0 bridgehead atoms. The van der Waals surface area contributed by atoms with Gasteiger partial charge in [-0.1, -0.05) is 26.4 Å². The van der Waals surface area contributed by atoms with Gasteiger partial charge in [-0.25, -0.2) is 5.57 Å². The van der Waals surface area contributed by atoms with Crippen LogP contribution in [0.4, 0.5) is 0 Å². The summed E-state index contributed by atoms with van der Waals surface area (Å²) < 4.78 is 4.72. The van der Waals surface area contributed by atoms with Gasteiger partial charge >= 0.3 is 0 Å². The number of allylic oxidation sites excluding steroid dienone is 5. The molecule has 0 atom stereocenters. The van der Waals surface area contributed by atoms with Crippen molar-refractivity contribution in [2.75, 3.05) is 0 Å². The van der Waals surface area contributed by atoms with E-state index >= 15 is 0 Å². The summed E-state index contributed by atoms with van der Waals surface area (Å²) in [6, 6.07) is 0. The molecule has 0 fully saturated rings. The zero-order valence-electron chi connectivity index (χ0n) is 13.1. The predicted octanol–water partition coefficient (Wildman–Crippen LogP) is 3.48. The van der Waals surface area contributed by atoms with Crippen molar-refractivity contribution in [2.45, 2.75) is 40.0 Å². The molecule has 0 heterocycles. The summed E-state index contributed by atoms with van der Waals surface area (Å²) in [4.78, 5) is 22.3. The van der Waals surface area contributed by atoms with E-state index in [0.29, 0.717) is 6.42 Å². The number of hydrogen-bond acceptors (Lipinski definition) is 3. The van der Waals surface area contributed by atoms with E-state index in [-0.39, 0.29) is 86.6 Å². The molecule has 0 amide bonds. The van der Waals surface area contributed by atoms with Crippen LogP contribution in [-0.4, -0.2) is 11.8 Å². The molecule has 0 unspecified atom stereocenters. The van der Waals surface area contributed by atoms with Crippen LogP contribution in [0.15, 0.2) is 34.9 Å². The maximum absolute atomic E-state index is 11.7. The van der Waals surface area contributed by atoms with Crippen molar-refractivity contribution < 1.29 is 89.2 Å². The van der Waals surface area contributed by atoms with Gasteiger partial charge < -0.3 is 9.53 Å². The monoisotopic (exact) mass is 717 g/mol. The zero-order valence-corrected chi connectivity index (χ0v) is 21.8. The molecule has 0 spiro atoms. The first kappa shape index (κ1) is 27.4. The minimum atomic E-state index is -0.338. The first-order valence-electron chi connectivity index (χ1n) is 6.49. The van der Waals surface area contributed by atoms with Crippen LogP contribution in [0.1, 0.15) is 40.0 Å². The summed E-state index contributed by atoms with van der Waals surface area (Å²) >= 11 is 0. The van der Waals surface area contributed by atoms with E-state index in [0.717, 1.165) is 29.6 Å². The van der Waals surface area contributed by atoms with Crippen LogP contribution in [0.5, 0.6) is 0 Å². The van der Waals surface area contributed by atoms with Crippen LogP contribution in [0.2, 0.25) is 0 Å². The Labute approximate surface area is 187 Å². The first-order valence-corrected chi connectivity index (χ1v) is 6.49. The largest absolute Gasteiger partial charge is 0.528 e. The third kappa shape index (κ3) is 10.4. The van der Waals surface area contributed by atoms with Crippen LogP contribution in [0.3, 0.4) is 0 Å². The SMILES string of the molecule is CCC1=C(/C=C/C(C)=C/[CH-]OC(C)=O)[CH-]CCC1=O.[W].[W].[Y]. The number of hydrogen-bond donors (Lipinski definition) is 0. The summed E-state index contributed by atoms with van der Waals surface area (Å²) in [6.45, 7) is 6.63. The fourth-order valence-electron chi connectivity index (χ4n) is 1.88. The molecule has 1 aliphatic carbocycles. The van der Waals surface area contributed by atoms with E-state index in [1.807, 2.05) is 26.0 Å². The number of carbonyl (C=O) groups excluding carboxylic acids is 2. The molecule has 22 heavy (non-hydrogen) atoms. The van der Waals surface area contributed by atoms with Gasteiger partial charge in [0.1, 0.15) is 5.78 Å². The molecular formula is C16H20O3W2Y-2. The standard InChI is InChI=1S/C16H20O3.2W.Y/c1-4-15-14(6-5-7-16(15)18)9-8-12(2)10-11-19-13(3)17;;;/h6,8-11H,4-5,7H2,1-3H3;;;/q-2;;;/b9-8+,12-10+;;;. The van der Waals surface area contributed by atoms with Gasteiger partial charge in [0, 0.05) is 81.8 Å². The van der Waals surface area contributed by atoms with Crippen molar-refractivity contribution in [2.24, 2.45) is 0 Å². The van der Waals surface area contributed by atoms with E-state index in [1.54, 1.807) is 6.08 Å². The molecule has 0 N–H and O–H groups in total. The van der Waals surface area contributed by atoms with E-state index in [4.69, 9.17) is 4.74 Å². The quantitative estimate of drug-likeness (QED) is 0.249. The fraction of sp³-hybridized carbons (Fsp3) is 0.375. The average Bonchev–Trinajstić information content (AvgIpc) is 2.36. The van der Waals surface area contributed by atoms with Crippen LogP contribution in [0.25, 0.3) is 0 Å². The number of ketones is 1. The predicted molar refractivity (Wildman–Crippen MR) is 74.8 cm³/mol. The van der Waals surface area contributed by atoms with Crippen molar-refractivity contribution in [3.05, 3.63) is 48.0 Å². The van der Waals surface area contributed by atoms with E-state index in [9.17, 15) is 9.59 Å². The van der Waals surface area contributed by atoms with E-state index in [2.05, 4.69) is 6.42 Å². The fourth-order valence-corrected chi connectivity index (χ4v) is 1.88. The van der Waals surface area contributed by atoms with Gasteiger partial charge in [0.2, 0.25) is 0 Å². The summed E-state index contributed by atoms with van der Waals surface area (Å²) in [6.07, 6.45) is 9.87. The van der Waals surface area contributed by atoms with Crippen molar-refractivity contribution in [3.63, 3.8) is 0 Å². The number of carbonyl (C=O) groups is 2. The summed E-state index contributed by atoms with van der Waals surface area (Å²) in [5.41, 5.74) is 2.87. The molecule has 0 saturated carbocycles. The number of esters is 1. The first-order chi connectivity index (χ1) is 9.04. The molecular weight excluding hydrogens is 697 g/mol. The molecule has 0 aliphatic heterocycles.